The van der Waals surface area contributed by atoms with Crippen LogP contribution in [0.15, 0.2) is 36.5 Å². The molecule has 1 aromatic carbocycles. The van der Waals surface area contributed by atoms with Crippen LogP contribution in [0.2, 0.25) is 10.0 Å². The number of tetrazole rings is 1. The van der Waals surface area contributed by atoms with Crippen LogP contribution < -0.4 is 11.1 Å². The molecular weight excluding hydrogens is 526 g/mol. The first-order valence-corrected chi connectivity index (χ1v) is 10.7. The second-order valence-corrected chi connectivity index (χ2v) is 8.19. The van der Waals surface area contributed by atoms with Crippen LogP contribution in [0.25, 0.3) is 5.82 Å². The van der Waals surface area contributed by atoms with Gasteiger partial charge >= 0.3 is 6.18 Å². The Bertz CT molecular complexity index is 1480. The van der Waals surface area contributed by atoms with Gasteiger partial charge in [-0.15, -0.1) is 10.2 Å². The largest absolute Gasteiger partial charge is 0.455 e. The summed E-state index contributed by atoms with van der Waals surface area (Å²) in [5.74, 6) is -2.92. The van der Waals surface area contributed by atoms with Crippen molar-refractivity contribution in [2.75, 3.05) is 5.32 Å². The molecule has 0 aliphatic heterocycles. The smallest absolute Gasteiger partial charge is 0.366 e. The van der Waals surface area contributed by atoms with Crippen LogP contribution in [0.3, 0.4) is 0 Å². The SMILES string of the molecule is Cc1cc(Cl)cc(C(N)=O)c1NC(=O)c1cc(Cn2nnc(C(F)(F)F)n2)nn1-c1ncccc1Cl. The van der Waals surface area contributed by atoms with Gasteiger partial charge in [0.25, 0.3) is 17.6 Å². The summed E-state index contributed by atoms with van der Waals surface area (Å²) in [7, 11) is 0. The molecule has 0 fully saturated rings. The number of rotatable bonds is 6. The van der Waals surface area contributed by atoms with Crippen LogP contribution in [0.4, 0.5) is 18.9 Å². The Morgan fingerprint density at radius 2 is 1.92 bits per heavy atom. The third-order valence-electron chi connectivity index (χ3n) is 4.75. The standard InChI is InChI=1S/C20H14Cl2F3N9O2/c1-9-5-10(21)6-12(16(26)35)15(9)28-18(36)14-7-11(8-33-31-19(29-32-33)20(23,24)25)30-34(14)17-13(22)3-2-4-27-17/h2-7H,8H2,1H3,(H2,26,35)(H,28,36). The molecule has 0 atom stereocenters. The van der Waals surface area contributed by atoms with Gasteiger partial charge in [0.15, 0.2) is 5.82 Å². The van der Waals surface area contributed by atoms with E-state index in [1.807, 2.05) is 0 Å². The van der Waals surface area contributed by atoms with Gasteiger partial charge < -0.3 is 11.1 Å². The summed E-state index contributed by atoms with van der Waals surface area (Å²) in [4.78, 5) is 30.0. The minimum absolute atomic E-state index is 0.0259. The van der Waals surface area contributed by atoms with Crippen LogP contribution >= 0.6 is 23.2 Å². The molecule has 3 aromatic heterocycles. The van der Waals surface area contributed by atoms with E-state index in [9.17, 15) is 22.8 Å². The lowest BCUT2D eigenvalue weighted by Gasteiger charge is -2.13. The van der Waals surface area contributed by atoms with Crippen molar-refractivity contribution in [1.29, 1.82) is 0 Å². The molecular formula is C20H14Cl2F3N9O2. The summed E-state index contributed by atoms with van der Waals surface area (Å²) < 4.78 is 39.6. The molecule has 0 aliphatic rings. The van der Waals surface area contributed by atoms with E-state index >= 15 is 0 Å². The zero-order chi connectivity index (χ0) is 26.2. The molecule has 3 heterocycles. The number of pyridine rings is 1. The number of carbonyl (C=O) groups excluding carboxylic acids is 2. The van der Waals surface area contributed by atoms with Gasteiger partial charge in [0, 0.05) is 11.2 Å². The monoisotopic (exact) mass is 539 g/mol. The third-order valence-corrected chi connectivity index (χ3v) is 5.26. The molecule has 0 radical (unpaired) electrons. The molecule has 3 N–H and O–H groups in total. The Kier molecular flexibility index (Phi) is 6.65. The Morgan fingerprint density at radius 3 is 2.56 bits per heavy atom. The maximum Gasteiger partial charge on any atom is 0.455 e. The fourth-order valence-corrected chi connectivity index (χ4v) is 3.69. The summed E-state index contributed by atoms with van der Waals surface area (Å²) in [5.41, 5.74) is 5.97. The molecule has 36 heavy (non-hydrogen) atoms. The zero-order valence-electron chi connectivity index (χ0n) is 18.1. The van der Waals surface area contributed by atoms with Crippen molar-refractivity contribution in [3.05, 3.63) is 74.9 Å². The number of primary amides is 1. The average molecular weight is 540 g/mol. The first kappa shape index (κ1) is 25.1. The Morgan fingerprint density at radius 1 is 1.17 bits per heavy atom. The lowest BCUT2D eigenvalue weighted by Crippen LogP contribution is -2.21. The normalized spacial score (nSPS) is 11.5. The number of alkyl halides is 3. The highest BCUT2D eigenvalue weighted by Crippen LogP contribution is 2.27. The number of nitrogens with one attached hydrogen (secondary N) is 1. The third kappa shape index (κ3) is 5.13. The van der Waals surface area contributed by atoms with Crippen LogP contribution in [-0.2, 0) is 12.7 Å². The summed E-state index contributed by atoms with van der Waals surface area (Å²) >= 11 is 12.2. The zero-order valence-corrected chi connectivity index (χ0v) is 19.6. The summed E-state index contributed by atoms with van der Waals surface area (Å²) in [5, 5.41) is 16.9. The summed E-state index contributed by atoms with van der Waals surface area (Å²) in [6.45, 7) is 1.26. The number of hydrogen-bond acceptors (Lipinski definition) is 7. The lowest BCUT2D eigenvalue weighted by molar-refractivity contribution is -0.145. The Balaban J connectivity index is 1.75. The van der Waals surface area contributed by atoms with Crippen LogP contribution in [0.5, 0.6) is 0 Å². The van der Waals surface area contributed by atoms with Gasteiger partial charge in [0.05, 0.1) is 22.0 Å². The quantitative estimate of drug-likeness (QED) is 0.382. The topological polar surface area (TPSA) is 146 Å². The number of halogens is 5. The molecule has 0 unspecified atom stereocenters. The average Bonchev–Trinajstić information content (AvgIpc) is 3.43. The first-order valence-electron chi connectivity index (χ1n) is 9.90. The predicted octanol–water partition coefficient (Wildman–Crippen LogP) is 3.29. The van der Waals surface area contributed by atoms with Gasteiger partial charge in [-0.05, 0) is 48.0 Å². The number of hydrogen-bond donors (Lipinski definition) is 2. The van der Waals surface area contributed by atoms with Crippen molar-refractivity contribution < 1.29 is 22.8 Å². The number of anilines is 1. The Labute approximate surface area is 210 Å². The van der Waals surface area contributed by atoms with E-state index in [1.54, 1.807) is 13.0 Å². The van der Waals surface area contributed by atoms with Gasteiger partial charge in [-0.3, -0.25) is 9.59 Å². The van der Waals surface area contributed by atoms with E-state index in [2.05, 4.69) is 30.8 Å². The van der Waals surface area contributed by atoms with E-state index in [1.165, 1.54) is 30.5 Å². The molecule has 0 aliphatic carbocycles. The number of nitrogens with zero attached hydrogens (tertiary/aromatic N) is 7. The van der Waals surface area contributed by atoms with E-state index < -0.39 is 23.8 Å². The van der Waals surface area contributed by atoms with E-state index in [0.717, 1.165) is 4.68 Å². The van der Waals surface area contributed by atoms with Crippen LogP contribution in [-0.4, -0.2) is 46.8 Å². The van der Waals surface area contributed by atoms with Crippen molar-refractivity contribution in [3.8, 4) is 5.82 Å². The second-order valence-electron chi connectivity index (χ2n) is 7.35. The minimum Gasteiger partial charge on any atom is -0.366 e. The maximum absolute atomic E-state index is 13.3. The van der Waals surface area contributed by atoms with Crippen LogP contribution in [0, 0.1) is 6.92 Å². The highest BCUT2D eigenvalue weighted by molar-refractivity contribution is 6.32. The van der Waals surface area contributed by atoms with Crippen molar-refractivity contribution in [2.24, 2.45) is 5.73 Å². The van der Waals surface area contributed by atoms with Gasteiger partial charge in [0.1, 0.15) is 12.2 Å². The van der Waals surface area contributed by atoms with E-state index in [0.29, 0.717) is 10.4 Å². The molecule has 0 saturated carbocycles. The molecule has 0 spiro atoms. The highest BCUT2D eigenvalue weighted by Gasteiger charge is 2.37. The highest BCUT2D eigenvalue weighted by atomic mass is 35.5. The number of aryl methyl sites for hydroxylation is 1. The number of aromatic nitrogens is 7. The second kappa shape index (κ2) is 9.54. The van der Waals surface area contributed by atoms with Crippen molar-refractivity contribution in [2.45, 2.75) is 19.6 Å². The Hall–Kier alpha value is -4.04. The molecule has 0 bridgehead atoms. The fraction of sp³-hybridized carbons (Fsp3) is 0.150. The van der Waals surface area contributed by atoms with E-state index in [4.69, 9.17) is 28.9 Å². The predicted molar refractivity (Wildman–Crippen MR) is 121 cm³/mol. The number of benzene rings is 1. The molecule has 11 nitrogen and oxygen atoms in total. The molecule has 16 heteroatoms. The van der Waals surface area contributed by atoms with Gasteiger partial charge in [-0.25, -0.2) is 9.67 Å². The first-order chi connectivity index (χ1) is 16.9. The number of amides is 2. The molecule has 4 rings (SSSR count). The lowest BCUT2D eigenvalue weighted by atomic mass is 10.1. The summed E-state index contributed by atoms with van der Waals surface area (Å²) in [6, 6.07) is 7.18. The van der Waals surface area contributed by atoms with Gasteiger partial charge in [-0.1, -0.05) is 23.2 Å². The molecule has 2 amide bonds. The van der Waals surface area contributed by atoms with Gasteiger partial charge in [-0.2, -0.15) is 23.1 Å². The fourth-order valence-electron chi connectivity index (χ4n) is 3.21. The molecule has 0 saturated heterocycles. The summed E-state index contributed by atoms with van der Waals surface area (Å²) in [6.07, 6.45) is -3.37. The molecule has 4 aromatic rings. The van der Waals surface area contributed by atoms with Crippen molar-refractivity contribution >= 4 is 40.7 Å². The van der Waals surface area contributed by atoms with Crippen molar-refractivity contribution in [1.82, 2.24) is 35.0 Å². The molecule has 186 valence electrons. The maximum atomic E-state index is 13.3. The number of carbonyl (C=O) groups is 2. The number of nitrogens with two attached hydrogens (primary N) is 1. The van der Waals surface area contributed by atoms with Gasteiger partial charge in [0.2, 0.25) is 0 Å². The van der Waals surface area contributed by atoms with Crippen molar-refractivity contribution in [3.63, 3.8) is 0 Å². The minimum atomic E-state index is -4.78. The van der Waals surface area contributed by atoms with Crippen LogP contribution in [0.1, 0.15) is 37.9 Å². The van der Waals surface area contributed by atoms with E-state index in [-0.39, 0.29) is 45.0 Å².